The summed E-state index contributed by atoms with van der Waals surface area (Å²) in [6.07, 6.45) is 8.04. The lowest BCUT2D eigenvalue weighted by Crippen LogP contribution is -2.46. The van der Waals surface area contributed by atoms with E-state index < -0.39 is 0 Å². The van der Waals surface area contributed by atoms with Crippen molar-refractivity contribution in [2.45, 2.75) is 55.2 Å². The second kappa shape index (κ2) is 8.84. The molecule has 2 aliphatic heterocycles. The van der Waals surface area contributed by atoms with Crippen LogP contribution in [-0.2, 0) is 4.79 Å². The largest absolute Gasteiger partial charge is 0.489 e. The van der Waals surface area contributed by atoms with E-state index in [4.69, 9.17) is 4.74 Å². The third-order valence-electron chi connectivity index (χ3n) is 6.18. The molecule has 1 N–H and O–H groups in total. The van der Waals surface area contributed by atoms with Gasteiger partial charge < -0.3 is 15.0 Å². The molecule has 27 heavy (non-hydrogen) atoms. The fraction of sp³-hybridized carbons (Fsp3) is 0.667. The summed E-state index contributed by atoms with van der Waals surface area (Å²) in [7, 11) is 0. The molecule has 0 radical (unpaired) electrons. The molecule has 1 saturated carbocycles. The maximum Gasteiger partial charge on any atom is 0.239 e. The van der Waals surface area contributed by atoms with Crippen molar-refractivity contribution in [1.82, 2.24) is 15.1 Å². The van der Waals surface area contributed by atoms with Crippen LogP contribution in [0.3, 0.4) is 0 Å². The van der Waals surface area contributed by atoms with Gasteiger partial charge in [-0.25, -0.2) is 0 Å². The van der Waals surface area contributed by atoms with Gasteiger partial charge in [-0.05, 0) is 49.8 Å². The van der Waals surface area contributed by atoms with Crippen LogP contribution in [0.5, 0.6) is 5.75 Å². The van der Waals surface area contributed by atoms with Crippen LogP contribution in [0.4, 0.5) is 0 Å². The first-order valence-corrected chi connectivity index (χ1v) is 11.5. The molecular weight excluding hydrogens is 358 g/mol. The SMILES string of the molecule is CSc1ccc(OC2CN[C@H](C(=O)N3CCCN(C4CCC4)CC3)C2)cc1. The Balaban J connectivity index is 1.26. The fourth-order valence-corrected chi connectivity index (χ4v) is 4.73. The highest BCUT2D eigenvalue weighted by Gasteiger charge is 2.35. The number of ether oxygens (including phenoxy) is 1. The smallest absolute Gasteiger partial charge is 0.239 e. The van der Waals surface area contributed by atoms with Crippen LogP contribution in [0.1, 0.15) is 32.1 Å². The number of thioether (sulfide) groups is 1. The Kier molecular flexibility index (Phi) is 6.25. The van der Waals surface area contributed by atoms with Crippen LogP contribution < -0.4 is 10.1 Å². The molecule has 2 atom stereocenters. The Bertz CT molecular complexity index is 635. The lowest BCUT2D eigenvalue weighted by atomic mass is 9.91. The normalized spacial score (nSPS) is 27.2. The molecule has 2 saturated heterocycles. The number of amides is 1. The van der Waals surface area contributed by atoms with E-state index in [1.54, 1.807) is 11.8 Å². The number of carbonyl (C=O) groups excluding carboxylic acids is 1. The lowest BCUT2D eigenvalue weighted by Gasteiger charge is -2.36. The van der Waals surface area contributed by atoms with Crippen LogP contribution in [0.15, 0.2) is 29.2 Å². The molecule has 3 fully saturated rings. The molecule has 1 aliphatic carbocycles. The summed E-state index contributed by atoms with van der Waals surface area (Å²) in [6.45, 7) is 4.68. The van der Waals surface area contributed by atoms with Gasteiger partial charge >= 0.3 is 0 Å². The van der Waals surface area contributed by atoms with E-state index in [-0.39, 0.29) is 18.1 Å². The van der Waals surface area contributed by atoms with E-state index >= 15 is 0 Å². The van der Waals surface area contributed by atoms with Gasteiger partial charge in [0, 0.05) is 50.1 Å². The van der Waals surface area contributed by atoms with Gasteiger partial charge in [-0.2, -0.15) is 0 Å². The third kappa shape index (κ3) is 4.61. The zero-order chi connectivity index (χ0) is 18.6. The number of carbonyl (C=O) groups is 1. The number of hydrogen-bond acceptors (Lipinski definition) is 5. The first-order chi connectivity index (χ1) is 13.2. The summed E-state index contributed by atoms with van der Waals surface area (Å²) in [6, 6.07) is 8.87. The molecule has 2 heterocycles. The number of rotatable bonds is 5. The van der Waals surface area contributed by atoms with Gasteiger partial charge in [0.1, 0.15) is 11.9 Å². The van der Waals surface area contributed by atoms with Crippen molar-refractivity contribution in [2.24, 2.45) is 0 Å². The maximum atomic E-state index is 13.0. The predicted molar refractivity (Wildman–Crippen MR) is 109 cm³/mol. The first kappa shape index (κ1) is 19.1. The first-order valence-electron chi connectivity index (χ1n) is 10.3. The Labute approximate surface area is 166 Å². The lowest BCUT2D eigenvalue weighted by molar-refractivity contribution is -0.133. The minimum absolute atomic E-state index is 0.0672. The zero-order valence-electron chi connectivity index (χ0n) is 16.2. The fourth-order valence-electron chi connectivity index (χ4n) is 4.32. The quantitative estimate of drug-likeness (QED) is 0.785. The van der Waals surface area contributed by atoms with Gasteiger partial charge in [0.05, 0.1) is 6.04 Å². The van der Waals surface area contributed by atoms with Crippen molar-refractivity contribution in [3.63, 3.8) is 0 Å². The van der Waals surface area contributed by atoms with Gasteiger partial charge in [0.2, 0.25) is 5.91 Å². The van der Waals surface area contributed by atoms with E-state index in [1.165, 1.54) is 24.2 Å². The highest BCUT2D eigenvalue weighted by Crippen LogP contribution is 2.26. The van der Waals surface area contributed by atoms with Crippen LogP contribution in [0.2, 0.25) is 0 Å². The maximum absolute atomic E-state index is 13.0. The van der Waals surface area contributed by atoms with E-state index in [0.29, 0.717) is 0 Å². The van der Waals surface area contributed by atoms with Crippen LogP contribution in [0, 0.1) is 0 Å². The van der Waals surface area contributed by atoms with E-state index in [0.717, 1.165) is 57.4 Å². The zero-order valence-corrected chi connectivity index (χ0v) is 17.0. The van der Waals surface area contributed by atoms with Gasteiger partial charge in [0.25, 0.3) is 0 Å². The van der Waals surface area contributed by atoms with Crippen molar-refractivity contribution in [1.29, 1.82) is 0 Å². The van der Waals surface area contributed by atoms with Crippen LogP contribution in [-0.4, -0.2) is 72.9 Å². The number of nitrogens with zero attached hydrogens (tertiary/aromatic N) is 2. The second-order valence-corrected chi connectivity index (χ2v) is 8.79. The summed E-state index contributed by atoms with van der Waals surface area (Å²) >= 11 is 1.73. The van der Waals surface area contributed by atoms with Crippen LogP contribution in [0.25, 0.3) is 0 Å². The van der Waals surface area contributed by atoms with E-state index in [2.05, 4.69) is 33.5 Å². The van der Waals surface area contributed by atoms with E-state index in [9.17, 15) is 4.79 Å². The summed E-state index contributed by atoms with van der Waals surface area (Å²) in [5.74, 6) is 1.15. The Morgan fingerprint density at radius 3 is 2.63 bits per heavy atom. The summed E-state index contributed by atoms with van der Waals surface area (Å²) in [5.41, 5.74) is 0. The van der Waals surface area contributed by atoms with Gasteiger partial charge in [-0.1, -0.05) is 6.42 Å². The minimum atomic E-state index is -0.101. The predicted octanol–water partition coefficient (Wildman–Crippen LogP) is 2.60. The molecule has 3 aliphatic rings. The van der Waals surface area contributed by atoms with Crippen molar-refractivity contribution in [2.75, 3.05) is 39.0 Å². The molecule has 1 unspecified atom stereocenters. The molecular formula is C21H31N3O2S. The highest BCUT2D eigenvalue weighted by molar-refractivity contribution is 7.98. The number of benzene rings is 1. The third-order valence-corrected chi connectivity index (χ3v) is 6.93. The topological polar surface area (TPSA) is 44.8 Å². The van der Waals surface area contributed by atoms with Gasteiger partial charge in [-0.3, -0.25) is 9.69 Å². The molecule has 0 bridgehead atoms. The van der Waals surface area contributed by atoms with Crippen LogP contribution >= 0.6 is 11.8 Å². The van der Waals surface area contributed by atoms with E-state index in [1.807, 2.05) is 12.1 Å². The van der Waals surface area contributed by atoms with Gasteiger partial charge in [-0.15, -0.1) is 11.8 Å². The Hall–Kier alpha value is -1.24. The Morgan fingerprint density at radius 1 is 1.11 bits per heavy atom. The number of nitrogens with one attached hydrogen (secondary N) is 1. The highest BCUT2D eigenvalue weighted by atomic mass is 32.2. The molecule has 5 nitrogen and oxygen atoms in total. The summed E-state index contributed by atoms with van der Waals surface area (Å²) in [4.78, 5) is 18.9. The molecule has 1 aromatic rings. The van der Waals surface area contributed by atoms with Crippen molar-refractivity contribution >= 4 is 17.7 Å². The van der Waals surface area contributed by atoms with Crippen molar-refractivity contribution in [3.8, 4) is 5.75 Å². The van der Waals surface area contributed by atoms with Crippen molar-refractivity contribution < 1.29 is 9.53 Å². The monoisotopic (exact) mass is 389 g/mol. The molecule has 1 amide bonds. The molecule has 4 rings (SSSR count). The van der Waals surface area contributed by atoms with Gasteiger partial charge in [0.15, 0.2) is 0 Å². The standard InChI is InChI=1S/C21H31N3O2S/c1-27-19-8-6-17(7-9-19)26-18-14-20(22-15-18)21(25)24-11-3-10-23(12-13-24)16-4-2-5-16/h6-9,16,18,20,22H,2-5,10-15H2,1H3/t18?,20-/m0/s1. The number of hydrogen-bond donors (Lipinski definition) is 1. The molecule has 148 valence electrons. The molecule has 1 aromatic carbocycles. The molecule has 0 spiro atoms. The average Bonchev–Trinajstić information content (AvgIpc) is 2.98. The average molecular weight is 390 g/mol. The van der Waals surface area contributed by atoms with Crippen molar-refractivity contribution in [3.05, 3.63) is 24.3 Å². The Morgan fingerprint density at radius 2 is 1.93 bits per heavy atom. The summed E-state index contributed by atoms with van der Waals surface area (Å²) < 4.78 is 6.09. The minimum Gasteiger partial charge on any atom is -0.489 e. The second-order valence-electron chi connectivity index (χ2n) is 7.91. The molecule has 6 heteroatoms. The molecule has 0 aromatic heterocycles. The summed E-state index contributed by atoms with van der Waals surface area (Å²) in [5, 5.41) is 3.39.